The minimum absolute atomic E-state index is 0.0643. The van der Waals surface area contributed by atoms with Gasteiger partial charge in [-0.25, -0.2) is 0 Å². The lowest BCUT2D eigenvalue weighted by Crippen LogP contribution is -2.31. The van der Waals surface area contributed by atoms with Crippen LogP contribution in [0.1, 0.15) is 25.3 Å². The molecule has 1 fully saturated rings. The van der Waals surface area contributed by atoms with Crippen LogP contribution in [0.2, 0.25) is 0 Å². The molecule has 1 unspecified atom stereocenters. The Morgan fingerprint density at radius 2 is 2.00 bits per heavy atom. The van der Waals surface area contributed by atoms with E-state index in [1.54, 1.807) is 10.9 Å². The highest BCUT2D eigenvalue weighted by Gasteiger charge is 2.23. The Kier molecular flexibility index (Phi) is 3.41. The molecule has 0 spiro atoms. The van der Waals surface area contributed by atoms with Gasteiger partial charge in [0.25, 0.3) is 0 Å². The number of nitrogens with two attached hydrogens (primary N) is 1. The van der Waals surface area contributed by atoms with Gasteiger partial charge in [-0.15, -0.1) is 0 Å². The van der Waals surface area contributed by atoms with Crippen molar-refractivity contribution in [1.82, 2.24) is 15.1 Å². The second kappa shape index (κ2) is 5.36. The molecule has 3 N–H and O–H groups in total. The van der Waals surface area contributed by atoms with Crippen LogP contribution in [0.15, 0.2) is 36.7 Å². The van der Waals surface area contributed by atoms with E-state index >= 15 is 0 Å². The predicted molar refractivity (Wildman–Crippen MR) is 78.0 cm³/mol. The Hall–Kier alpha value is -2.30. The number of hydrogen-bond acceptors (Lipinski definition) is 3. The summed E-state index contributed by atoms with van der Waals surface area (Å²) in [5, 5.41) is 7.29. The van der Waals surface area contributed by atoms with Crippen molar-refractivity contribution in [3.8, 4) is 11.1 Å². The molecule has 1 aliphatic rings. The predicted octanol–water partition coefficient (Wildman–Crippen LogP) is 1.97. The van der Waals surface area contributed by atoms with E-state index < -0.39 is 0 Å². The highest BCUT2D eigenvalue weighted by atomic mass is 16.2. The molecule has 20 heavy (non-hydrogen) atoms. The molecule has 0 radical (unpaired) electrons. The molecule has 2 aromatic rings. The molecule has 0 bridgehead atoms. The van der Waals surface area contributed by atoms with Crippen molar-refractivity contribution in [1.29, 1.82) is 0 Å². The fourth-order valence-corrected chi connectivity index (χ4v) is 2.51. The molecule has 1 aromatic heterocycles. The van der Waals surface area contributed by atoms with E-state index in [1.165, 1.54) is 0 Å². The van der Waals surface area contributed by atoms with Gasteiger partial charge in [0.2, 0.25) is 5.91 Å². The largest absolute Gasteiger partial charge is 0.399 e. The van der Waals surface area contributed by atoms with Crippen molar-refractivity contribution in [2.24, 2.45) is 0 Å². The topological polar surface area (TPSA) is 72.9 Å². The lowest BCUT2D eigenvalue weighted by Gasteiger charge is -2.13. The van der Waals surface area contributed by atoms with Gasteiger partial charge in [-0.3, -0.25) is 9.48 Å². The number of benzene rings is 1. The van der Waals surface area contributed by atoms with Gasteiger partial charge in [-0.1, -0.05) is 12.1 Å². The van der Waals surface area contributed by atoms with Gasteiger partial charge in [-0.2, -0.15) is 5.10 Å². The molecule has 1 atom stereocenters. The third-order valence-corrected chi connectivity index (χ3v) is 3.67. The number of nitrogens with zero attached hydrogens (tertiary/aromatic N) is 2. The number of carbonyl (C=O) groups is 1. The van der Waals surface area contributed by atoms with Gasteiger partial charge in [0.05, 0.1) is 6.20 Å². The molecule has 1 aromatic carbocycles. The van der Waals surface area contributed by atoms with Crippen molar-refractivity contribution in [2.45, 2.75) is 25.3 Å². The van der Waals surface area contributed by atoms with Crippen LogP contribution in [0.25, 0.3) is 11.1 Å². The van der Waals surface area contributed by atoms with Crippen LogP contribution in [0, 0.1) is 0 Å². The Labute approximate surface area is 117 Å². The minimum Gasteiger partial charge on any atom is -0.399 e. The van der Waals surface area contributed by atoms with Crippen molar-refractivity contribution in [3.05, 3.63) is 36.7 Å². The minimum atomic E-state index is -0.194. The van der Waals surface area contributed by atoms with Crippen LogP contribution in [0.3, 0.4) is 0 Å². The van der Waals surface area contributed by atoms with E-state index in [-0.39, 0.29) is 11.9 Å². The SMILES string of the molecule is Nc1ccc(-c2cnn(C3CCCCNC3=O)c2)cc1. The summed E-state index contributed by atoms with van der Waals surface area (Å²) in [4.78, 5) is 12.0. The molecule has 5 nitrogen and oxygen atoms in total. The monoisotopic (exact) mass is 270 g/mol. The lowest BCUT2D eigenvalue weighted by molar-refractivity contribution is -0.124. The highest BCUT2D eigenvalue weighted by Crippen LogP contribution is 2.23. The number of aromatic nitrogens is 2. The van der Waals surface area contributed by atoms with Gasteiger partial charge < -0.3 is 11.1 Å². The van der Waals surface area contributed by atoms with Gasteiger partial charge in [0, 0.05) is 24.0 Å². The zero-order chi connectivity index (χ0) is 13.9. The first kappa shape index (κ1) is 12.7. The van der Waals surface area contributed by atoms with Crippen molar-refractivity contribution in [3.63, 3.8) is 0 Å². The molecule has 0 saturated carbocycles. The zero-order valence-corrected chi connectivity index (χ0v) is 11.2. The number of carbonyl (C=O) groups excluding carboxylic acids is 1. The smallest absolute Gasteiger partial charge is 0.244 e. The quantitative estimate of drug-likeness (QED) is 0.819. The van der Waals surface area contributed by atoms with E-state index in [0.717, 1.165) is 42.6 Å². The summed E-state index contributed by atoms with van der Waals surface area (Å²) in [6.45, 7) is 0.765. The number of hydrogen-bond donors (Lipinski definition) is 2. The second-order valence-electron chi connectivity index (χ2n) is 5.13. The van der Waals surface area contributed by atoms with Crippen LogP contribution < -0.4 is 11.1 Å². The van der Waals surface area contributed by atoms with E-state index in [2.05, 4.69) is 10.4 Å². The maximum Gasteiger partial charge on any atom is 0.244 e. The van der Waals surface area contributed by atoms with Gasteiger partial charge >= 0.3 is 0 Å². The first-order valence-corrected chi connectivity index (χ1v) is 6.92. The van der Waals surface area contributed by atoms with E-state index in [4.69, 9.17) is 5.73 Å². The van der Waals surface area contributed by atoms with Crippen LogP contribution in [-0.2, 0) is 4.79 Å². The molecule has 1 saturated heterocycles. The first-order chi connectivity index (χ1) is 9.74. The van der Waals surface area contributed by atoms with E-state index in [1.807, 2.05) is 30.5 Å². The highest BCUT2D eigenvalue weighted by molar-refractivity contribution is 5.80. The molecule has 1 aliphatic heterocycles. The molecular formula is C15H18N4O. The number of nitrogen functional groups attached to an aromatic ring is 1. The standard InChI is InChI=1S/C15H18N4O/c16-13-6-4-11(5-7-13)12-9-18-19(10-12)14-3-1-2-8-17-15(14)20/h4-7,9-10,14H,1-3,8,16H2,(H,17,20). The summed E-state index contributed by atoms with van der Waals surface area (Å²) < 4.78 is 1.77. The Morgan fingerprint density at radius 3 is 2.80 bits per heavy atom. The molecule has 104 valence electrons. The zero-order valence-electron chi connectivity index (χ0n) is 11.2. The molecule has 5 heteroatoms. The van der Waals surface area contributed by atoms with E-state index in [0.29, 0.717) is 0 Å². The third kappa shape index (κ3) is 2.52. The summed E-state index contributed by atoms with van der Waals surface area (Å²) in [6.07, 6.45) is 6.65. The maximum absolute atomic E-state index is 12.0. The first-order valence-electron chi connectivity index (χ1n) is 6.92. The molecule has 0 aliphatic carbocycles. The Morgan fingerprint density at radius 1 is 1.20 bits per heavy atom. The van der Waals surface area contributed by atoms with Crippen molar-refractivity contribution < 1.29 is 4.79 Å². The summed E-state index contributed by atoms with van der Waals surface area (Å²) >= 11 is 0. The molecule has 1 amide bonds. The fourth-order valence-electron chi connectivity index (χ4n) is 2.51. The summed E-state index contributed by atoms with van der Waals surface area (Å²) in [5.74, 6) is 0.0643. The number of rotatable bonds is 2. The molecule has 3 rings (SSSR count). The van der Waals surface area contributed by atoms with Crippen LogP contribution in [-0.4, -0.2) is 22.2 Å². The van der Waals surface area contributed by atoms with Gasteiger partial charge in [-0.05, 0) is 37.0 Å². The normalized spacial score (nSPS) is 19.4. The maximum atomic E-state index is 12.0. The Bertz CT molecular complexity index is 603. The second-order valence-corrected chi connectivity index (χ2v) is 5.13. The van der Waals surface area contributed by atoms with Crippen molar-refractivity contribution >= 4 is 11.6 Å². The number of anilines is 1. The van der Waals surface area contributed by atoms with Crippen molar-refractivity contribution in [2.75, 3.05) is 12.3 Å². The van der Waals surface area contributed by atoms with Crippen LogP contribution in [0.4, 0.5) is 5.69 Å². The van der Waals surface area contributed by atoms with Crippen LogP contribution in [0.5, 0.6) is 0 Å². The summed E-state index contributed by atoms with van der Waals surface area (Å²) in [5.41, 5.74) is 8.49. The van der Waals surface area contributed by atoms with Gasteiger partial charge in [0.15, 0.2) is 0 Å². The average molecular weight is 270 g/mol. The van der Waals surface area contributed by atoms with Crippen LogP contribution >= 0.6 is 0 Å². The number of amides is 1. The lowest BCUT2D eigenvalue weighted by atomic mass is 10.1. The average Bonchev–Trinajstić information content (AvgIpc) is 2.83. The summed E-state index contributed by atoms with van der Waals surface area (Å²) in [6, 6.07) is 7.46. The molecule has 2 heterocycles. The Balaban J connectivity index is 1.85. The van der Waals surface area contributed by atoms with Gasteiger partial charge in [0.1, 0.15) is 6.04 Å². The third-order valence-electron chi connectivity index (χ3n) is 3.67. The number of nitrogens with one attached hydrogen (secondary N) is 1. The summed E-state index contributed by atoms with van der Waals surface area (Å²) in [7, 11) is 0. The fraction of sp³-hybridized carbons (Fsp3) is 0.333. The van der Waals surface area contributed by atoms with E-state index in [9.17, 15) is 4.79 Å². The molecular weight excluding hydrogens is 252 g/mol.